The highest BCUT2D eigenvalue weighted by Crippen LogP contribution is 2.33. The number of nitrogens with one attached hydrogen (secondary N) is 1. The fraction of sp³-hybridized carbons (Fsp3) is 0.938. The highest BCUT2D eigenvalue weighted by atomic mass is 16.2. The molecule has 1 fully saturated rings. The van der Waals surface area contributed by atoms with Gasteiger partial charge in [-0.05, 0) is 43.9 Å². The first-order valence-corrected chi connectivity index (χ1v) is 7.87. The molecule has 1 aliphatic carbocycles. The number of hydrogen-bond donors (Lipinski definition) is 2. The summed E-state index contributed by atoms with van der Waals surface area (Å²) in [5.74, 6) is 1.94. The second kappa shape index (κ2) is 6.74. The van der Waals surface area contributed by atoms with E-state index in [1.807, 2.05) is 6.92 Å². The van der Waals surface area contributed by atoms with E-state index in [0.717, 1.165) is 19.3 Å². The summed E-state index contributed by atoms with van der Waals surface area (Å²) in [6.07, 6.45) is 5.28. The Morgan fingerprint density at radius 2 is 2.05 bits per heavy atom. The van der Waals surface area contributed by atoms with Gasteiger partial charge < -0.3 is 11.1 Å². The summed E-state index contributed by atoms with van der Waals surface area (Å²) >= 11 is 0. The van der Waals surface area contributed by atoms with Gasteiger partial charge in [-0.15, -0.1) is 0 Å². The number of amides is 1. The van der Waals surface area contributed by atoms with Crippen LogP contribution in [0.1, 0.15) is 66.7 Å². The highest BCUT2D eigenvalue weighted by molar-refractivity contribution is 5.85. The topological polar surface area (TPSA) is 55.1 Å². The summed E-state index contributed by atoms with van der Waals surface area (Å²) in [5.41, 5.74) is 5.41. The second-order valence-corrected chi connectivity index (χ2v) is 7.07. The van der Waals surface area contributed by atoms with Gasteiger partial charge in [0.15, 0.2) is 0 Å². The standard InChI is InChI=1S/C16H32N2O/c1-6-9-16(5,17)15(19)18-14-10-12(4)7-8-13(14)11(2)3/h11-14H,6-10,17H2,1-5H3,(H,18,19). The summed E-state index contributed by atoms with van der Waals surface area (Å²) in [6, 6.07) is 0.302. The molecular formula is C16H32N2O. The Labute approximate surface area is 118 Å². The van der Waals surface area contributed by atoms with Crippen molar-refractivity contribution in [2.75, 3.05) is 0 Å². The fourth-order valence-electron chi connectivity index (χ4n) is 3.33. The van der Waals surface area contributed by atoms with Crippen molar-refractivity contribution in [3.05, 3.63) is 0 Å². The zero-order valence-electron chi connectivity index (χ0n) is 13.3. The SMILES string of the molecule is CCCC(C)(N)C(=O)NC1CC(C)CCC1C(C)C. The third-order valence-corrected chi connectivity index (χ3v) is 4.63. The van der Waals surface area contributed by atoms with Crippen LogP contribution in [0.2, 0.25) is 0 Å². The minimum atomic E-state index is -0.725. The van der Waals surface area contributed by atoms with Crippen LogP contribution in [0, 0.1) is 17.8 Å². The monoisotopic (exact) mass is 268 g/mol. The molecule has 0 aromatic carbocycles. The lowest BCUT2D eigenvalue weighted by Gasteiger charge is -2.39. The molecule has 4 atom stereocenters. The summed E-state index contributed by atoms with van der Waals surface area (Å²) in [5, 5.41) is 3.24. The van der Waals surface area contributed by atoms with E-state index in [1.165, 1.54) is 12.8 Å². The molecule has 112 valence electrons. The molecule has 1 saturated carbocycles. The van der Waals surface area contributed by atoms with Crippen LogP contribution in [0.15, 0.2) is 0 Å². The largest absolute Gasteiger partial charge is 0.351 e. The summed E-state index contributed by atoms with van der Waals surface area (Å²) in [6.45, 7) is 10.7. The molecule has 0 heterocycles. The van der Waals surface area contributed by atoms with Crippen molar-refractivity contribution < 1.29 is 4.79 Å². The number of carbonyl (C=O) groups excluding carboxylic acids is 1. The van der Waals surface area contributed by atoms with Crippen LogP contribution < -0.4 is 11.1 Å². The molecule has 3 nitrogen and oxygen atoms in total. The maximum absolute atomic E-state index is 12.4. The lowest BCUT2D eigenvalue weighted by atomic mass is 9.73. The average molecular weight is 268 g/mol. The van der Waals surface area contributed by atoms with E-state index in [1.54, 1.807) is 0 Å². The van der Waals surface area contributed by atoms with Gasteiger partial charge in [-0.3, -0.25) is 4.79 Å². The van der Waals surface area contributed by atoms with Crippen molar-refractivity contribution >= 4 is 5.91 Å². The second-order valence-electron chi connectivity index (χ2n) is 7.07. The van der Waals surface area contributed by atoms with Gasteiger partial charge >= 0.3 is 0 Å². The molecule has 1 aliphatic rings. The Morgan fingerprint density at radius 3 is 2.58 bits per heavy atom. The van der Waals surface area contributed by atoms with Gasteiger partial charge in [0.25, 0.3) is 0 Å². The Hall–Kier alpha value is -0.570. The van der Waals surface area contributed by atoms with Gasteiger partial charge in [0.05, 0.1) is 5.54 Å². The quantitative estimate of drug-likeness (QED) is 0.805. The van der Waals surface area contributed by atoms with Gasteiger partial charge in [0.1, 0.15) is 0 Å². The van der Waals surface area contributed by atoms with Crippen LogP contribution in [0.4, 0.5) is 0 Å². The van der Waals surface area contributed by atoms with E-state index >= 15 is 0 Å². The molecule has 0 aliphatic heterocycles. The van der Waals surface area contributed by atoms with E-state index in [0.29, 0.717) is 23.8 Å². The molecule has 0 radical (unpaired) electrons. The molecule has 4 unspecified atom stereocenters. The summed E-state index contributed by atoms with van der Waals surface area (Å²) in [7, 11) is 0. The maximum Gasteiger partial charge on any atom is 0.240 e. The van der Waals surface area contributed by atoms with Gasteiger partial charge in [-0.1, -0.05) is 40.5 Å². The van der Waals surface area contributed by atoms with Crippen LogP contribution in [0.25, 0.3) is 0 Å². The first-order valence-electron chi connectivity index (χ1n) is 7.87. The molecule has 19 heavy (non-hydrogen) atoms. The molecule has 0 bridgehead atoms. The molecule has 3 heteroatoms. The Bertz CT molecular complexity index is 299. The lowest BCUT2D eigenvalue weighted by Crippen LogP contribution is -2.56. The van der Waals surface area contributed by atoms with Crippen molar-refractivity contribution in [3.8, 4) is 0 Å². The van der Waals surface area contributed by atoms with Gasteiger partial charge in [0.2, 0.25) is 5.91 Å². The summed E-state index contributed by atoms with van der Waals surface area (Å²) in [4.78, 5) is 12.4. The first-order chi connectivity index (χ1) is 8.77. The Morgan fingerprint density at radius 1 is 1.42 bits per heavy atom. The van der Waals surface area contributed by atoms with Gasteiger partial charge in [-0.25, -0.2) is 0 Å². The van der Waals surface area contributed by atoms with Crippen molar-refractivity contribution in [1.29, 1.82) is 0 Å². The number of rotatable bonds is 5. The third-order valence-electron chi connectivity index (χ3n) is 4.63. The average Bonchev–Trinajstić information content (AvgIpc) is 2.28. The van der Waals surface area contributed by atoms with Crippen LogP contribution in [-0.2, 0) is 4.79 Å². The zero-order chi connectivity index (χ0) is 14.6. The van der Waals surface area contributed by atoms with E-state index in [9.17, 15) is 4.79 Å². The minimum Gasteiger partial charge on any atom is -0.351 e. The number of nitrogens with two attached hydrogens (primary N) is 1. The number of carbonyl (C=O) groups is 1. The smallest absolute Gasteiger partial charge is 0.240 e. The van der Waals surface area contributed by atoms with Crippen molar-refractivity contribution in [2.24, 2.45) is 23.5 Å². The molecule has 1 rings (SSSR count). The normalized spacial score (nSPS) is 31.0. The fourth-order valence-corrected chi connectivity index (χ4v) is 3.33. The Kier molecular flexibility index (Phi) is 5.84. The zero-order valence-corrected chi connectivity index (χ0v) is 13.3. The van der Waals surface area contributed by atoms with Gasteiger partial charge in [0, 0.05) is 6.04 Å². The molecule has 0 saturated heterocycles. The van der Waals surface area contributed by atoms with Gasteiger partial charge in [-0.2, -0.15) is 0 Å². The van der Waals surface area contributed by atoms with Crippen LogP contribution in [0.3, 0.4) is 0 Å². The Balaban J connectivity index is 2.68. The predicted molar refractivity (Wildman–Crippen MR) is 80.8 cm³/mol. The minimum absolute atomic E-state index is 0.0269. The van der Waals surface area contributed by atoms with Crippen LogP contribution in [-0.4, -0.2) is 17.5 Å². The van der Waals surface area contributed by atoms with E-state index in [4.69, 9.17) is 5.73 Å². The molecular weight excluding hydrogens is 236 g/mol. The molecule has 0 aromatic rings. The van der Waals surface area contributed by atoms with Crippen molar-refractivity contribution in [3.63, 3.8) is 0 Å². The van der Waals surface area contributed by atoms with E-state index in [-0.39, 0.29) is 5.91 Å². The maximum atomic E-state index is 12.4. The lowest BCUT2D eigenvalue weighted by molar-refractivity contribution is -0.127. The highest BCUT2D eigenvalue weighted by Gasteiger charge is 2.35. The van der Waals surface area contributed by atoms with Crippen molar-refractivity contribution in [1.82, 2.24) is 5.32 Å². The molecule has 0 aromatic heterocycles. The predicted octanol–water partition coefficient (Wildman–Crippen LogP) is 3.08. The molecule has 1 amide bonds. The van der Waals surface area contributed by atoms with Crippen LogP contribution in [0.5, 0.6) is 0 Å². The first kappa shape index (κ1) is 16.5. The van der Waals surface area contributed by atoms with Crippen molar-refractivity contribution in [2.45, 2.75) is 78.3 Å². The number of hydrogen-bond acceptors (Lipinski definition) is 2. The van der Waals surface area contributed by atoms with E-state index < -0.39 is 5.54 Å². The summed E-state index contributed by atoms with van der Waals surface area (Å²) < 4.78 is 0. The molecule has 0 spiro atoms. The molecule has 3 N–H and O–H groups in total. The van der Waals surface area contributed by atoms with E-state index in [2.05, 4.69) is 33.0 Å². The van der Waals surface area contributed by atoms with Crippen LogP contribution >= 0.6 is 0 Å². The third kappa shape index (κ3) is 4.48.